The first-order valence-corrected chi connectivity index (χ1v) is 7.24. The maximum atomic E-state index is 8.97. The van der Waals surface area contributed by atoms with Gasteiger partial charge in [-0.15, -0.1) is 0 Å². The predicted molar refractivity (Wildman–Crippen MR) is 83.3 cm³/mol. The van der Waals surface area contributed by atoms with Gasteiger partial charge in [-0.2, -0.15) is 5.26 Å². The highest BCUT2D eigenvalue weighted by atomic mass is 79.9. The summed E-state index contributed by atoms with van der Waals surface area (Å²) in [6.45, 7) is 0. The van der Waals surface area contributed by atoms with Crippen molar-refractivity contribution in [2.75, 3.05) is 11.9 Å². The van der Waals surface area contributed by atoms with E-state index in [0.29, 0.717) is 10.6 Å². The van der Waals surface area contributed by atoms with Crippen LogP contribution in [0.4, 0.5) is 11.4 Å². The molecule has 0 saturated carbocycles. The number of rotatable bonds is 3. The van der Waals surface area contributed by atoms with Gasteiger partial charge in [0.05, 0.1) is 22.3 Å². The van der Waals surface area contributed by atoms with Gasteiger partial charge in [0.15, 0.2) is 0 Å². The SMILES string of the molecule is CN(c1cccc(C#N)c1)c1c(Cl)cccc1CBr. The molecule has 19 heavy (non-hydrogen) atoms. The maximum absolute atomic E-state index is 8.97. The number of para-hydroxylation sites is 1. The lowest BCUT2D eigenvalue weighted by Gasteiger charge is -2.23. The quantitative estimate of drug-likeness (QED) is 0.748. The third-order valence-electron chi connectivity index (χ3n) is 2.91. The summed E-state index contributed by atoms with van der Waals surface area (Å²) in [5.41, 5.74) is 3.64. The second-order valence-electron chi connectivity index (χ2n) is 4.10. The topological polar surface area (TPSA) is 27.0 Å². The smallest absolute Gasteiger partial charge is 0.0992 e. The van der Waals surface area contributed by atoms with Crippen molar-refractivity contribution in [3.63, 3.8) is 0 Å². The van der Waals surface area contributed by atoms with Gasteiger partial charge < -0.3 is 4.90 Å². The van der Waals surface area contributed by atoms with Crippen LogP contribution >= 0.6 is 27.5 Å². The summed E-state index contributed by atoms with van der Waals surface area (Å²) in [6, 6.07) is 15.4. The van der Waals surface area contributed by atoms with E-state index in [1.54, 1.807) is 6.07 Å². The molecule has 2 aromatic rings. The van der Waals surface area contributed by atoms with Crippen LogP contribution in [0.5, 0.6) is 0 Å². The average Bonchev–Trinajstić information content (AvgIpc) is 2.46. The molecular formula is C15H12BrClN2. The second-order valence-corrected chi connectivity index (χ2v) is 5.07. The molecule has 0 bridgehead atoms. The second kappa shape index (κ2) is 6.10. The minimum absolute atomic E-state index is 0.636. The van der Waals surface area contributed by atoms with Crippen molar-refractivity contribution in [2.24, 2.45) is 0 Å². The Labute approximate surface area is 126 Å². The zero-order valence-corrected chi connectivity index (χ0v) is 12.7. The minimum Gasteiger partial charge on any atom is -0.343 e. The molecule has 0 aliphatic rings. The van der Waals surface area contributed by atoms with Gasteiger partial charge in [0.1, 0.15) is 0 Å². The van der Waals surface area contributed by atoms with E-state index in [1.807, 2.05) is 48.3 Å². The lowest BCUT2D eigenvalue weighted by molar-refractivity contribution is 1.18. The number of alkyl halides is 1. The molecule has 0 fully saturated rings. The largest absolute Gasteiger partial charge is 0.343 e. The molecule has 0 atom stereocenters. The molecule has 0 N–H and O–H groups in total. The normalized spacial score (nSPS) is 10.0. The first-order valence-electron chi connectivity index (χ1n) is 5.74. The van der Waals surface area contributed by atoms with Crippen LogP contribution in [0.2, 0.25) is 5.02 Å². The van der Waals surface area contributed by atoms with Gasteiger partial charge >= 0.3 is 0 Å². The van der Waals surface area contributed by atoms with Crippen LogP contribution in [0.3, 0.4) is 0 Å². The van der Waals surface area contributed by atoms with Gasteiger partial charge in [-0.25, -0.2) is 0 Å². The summed E-state index contributed by atoms with van der Waals surface area (Å²) in [5.74, 6) is 0. The number of nitriles is 1. The average molecular weight is 336 g/mol. The Hall–Kier alpha value is -1.50. The highest BCUT2D eigenvalue weighted by molar-refractivity contribution is 9.08. The Morgan fingerprint density at radius 2 is 2.00 bits per heavy atom. The molecule has 0 spiro atoms. The van der Waals surface area contributed by atoms with Crippen LogP contribution in [-0.4, -0.2) is 7.05 Å². The fraction of sp³-hybridized carbons (Fsp3) is 0.133. The minimum atomic E-state index is 0.636. The molecule has 0 heterocycles. The van der Waals surface area contributed by atoms with Gasteiger partial charge in [0, 0.05) is 18.1 Å². The van der Waals surface area contributed by atoms with E-state index in [4.69, 9.17) is 16.9 Å². The number of hydrogen-bond acceptors (Lipinski definition) is 2. The van der Waals surface area contributed by atoms with Crippen molar-refractivity contribution >= 4 is 38.9 Å². The Balaban J connectivity index is 2.50. The molecule has 0 radical (unpaired) electrons. The lowest BCUT2D eigenvalue weighted by Crippen LogP contribution is -2.12. The van der Waals surface area contributed by atoms with Crippen LogP contribution in [0.15, 0.2) is 42.5 Å². The first kappa shape index (κ1) is 13.9. The van der Waals surface area contributed by atoms with E-state index in [1.165, 1.54) is 0 Å². The summed E-state index contributed by atoms with van der Waals surface area (Å²) in [4.78, 5) is 2.00. The number of benzene rings is 2. The summed E-state index contributed by atoms with van der Waals surface area (Å²) < 4.78 is 0. The third kappa shape index (κ3) is 2.91. The number of halogens is 2. The number of anilines is 2. The zero-order valence-electron chi connectivity index (χ0n) is 10.4. The molecule has 2 aromatic carbocycles. The van der Waals surface area contributed by atoms with E-state index < -0.39 is 0 Å². The Morgan fingerprint density at radius 1 is 1.26 bits per heavy atom. The van der Waals surface area contributed by atoms with Crippen molar-refractivity contribution in [1.82, 2.24) is 0 Å². The maximum Gasteiger partial charge on any atom is 0.0992 e. The monoisotopic (exact) mass is 334 g/mol. The van der Waals surface area contributed by atoms with E-state index in [0.717, 1.165) is 22.3 Å². The standard InChI is InChI=1S/C15H12BrClN2/c1-19(13-6-2-4-11(8-13)10-18)15-12(9-16)5-3-7-14(15)17/h2-8H,9H2,1H3. The fourth-order valence-corrected chi connectivity index (χ4v) is 2.73. The molecule has 96 valence electrons. The fourth-order valence-electron chi connectivity index (χ4n) is 1.96. The molecule has 4 heteroatoms. The Bertz CT molecular complexity index is 634. The predicted octanol–water partition coefficient (Wildman–Crippen LogP) is 4.87. The molecule has 0 aliphatic carbocycles. The zero-order chi connectivity index (χ0) is 13.8. The van der Waals surface area contributed by atoms with Gasteiger partial charge in [-0.1, -0.05) is 45.7 Å². The van der Waals surface area contributed by atoms with E-state index in [-0.39, 0.29) is 0 Å². The molecule has 0 aliphatic heterocycles. The van der Waals surface area contributed by atoms with E-state index in [2.05, 4.69) is 22.0 Å². The Kier molecular flexibility index (Phi) is 4.47. The highest BCUT2D eigenvalue weighted by Gasteiger charge is 2.12. The summed E-state index contributed by atoms with van der Waals surface area (Å²) >= 11 is 9.77. The molecule has 0 unspecified atom stereocenters. The van der Waals surface area contributed by atoms with Crippen molar-refractivity contribution in [1.29, 1.82) is 5.26 Å². The number of nitrogens with zero attached hydrogens (tertiary/aromatic N) is 2. The van der Waals surface area contributed by atoms with Crippen LogP contribution < -0.4 is 4.90 Å². The van der Waals surface area contributed by atoms with Crippen LogP contribution in [0.25, 0.3) is 0 Å². The van der Waals surface area contributed by atoms with E-state index >= 15 is 0 Å². The van der Waals surface area contributed by atoms with Gasteiger partial charge in [0.2, 0.25) is 0 Å². The van der Waals surface area contributed by atoms with Crippen LogP contribution in [0, 0.1) is 11.3 Å². The number of hydrogen-bond donors (Lipinski definition) is 0. The van der Waals surface area contributed by atoms with Crippen LogP contribution in [0.1, 0.15) is 11.1 Å². The van der Waals surface area contributed by atoms with Crippen molar-refractivity contribution in [3.8, 4) is 6.07 Å². The third-order valence-corrected chi connectivity index (χ3v) is 3.82. The summed E-state index contributed by atoms with van der Waals surface area (Å²) in [7, 11) is 1.95. The van der Waals surface area contributed by atoms with Crippen molar-refractivity contribution < 1.29 is 0 Å². The van der Waals surface area contributed by atoms with Gasteiger partial charge in [0.25, 0.3) is 0 Å². The summed E-state index contributed by atoms with van der Waals surface area (Å²) in [6.07, 6.45) is 0. The van der Waals surface area contributed by atoms with Gasteiger partial charge in [-0.3, -0.25) is 0 Å². The molecular weight excluding hydrogens is 324 g/mol. The lowest BCUT2D eigenvalue weighted by atomic mass is 10.1. The van der Waals surface area contributed by atoms with E-state index in [9.17, 15) is 0 Å². The molecule has 0 amide bonds. The molecule has 0 aromatic heterocycles. The van der Waals surface area contributed by atoms with Gasteiger partial charge in [-0.05, 0) is 29.8 Å². The Morgan fingerprint density at radius 3 is 2.68 bits per heavy atom. The van der Waals surface area contributed by atoms with Crippen molar-refractivity contribution in [2.45, 2.75) is 5.33 Å². The highest BCUT2D eigenvalue weighted by Crippen LogP contribution is 2.35. The summed E-state index contributed by atoms with van der Waals surface area (Å²) in [5, 5.41) is 10.4. The van der Waals surface area contributed by atoms with Crippen LogP contribution in [-0.2, 0) is 5.33 Å². The van der Waals surface area contributed by atoms with Crippen molar-refractivity contribution in [3.05, 3.63) is 58.6 Å². The molecule has 0 saturated heterocycles. The molecule has 2 nitrogen and oxygen atoms in total. The molecule has 2 rings (SSSR count). The first-order chi connectivity index (χ1) is 9.17.